The molecular formula is C11H7F9O3S. The predicted molar refractivity (Wildman–Crippen MR) is 60.3 cm³/mol. The van der Waals surface area contributed by atoms with Gasteiger partial charge in [0.2, 0.25) is 0 Å². The third kappa shape index (κ3) is 3.45. The molecular weight excluding hydrogens is 383 g/mol. The molecule has 0 saturated carbocycles. The highest BCUT2D eigenvalue weighted by atomic mass is 32.2. The van der Waals surface area contributed by atoms with Crippen LogP contribution in [0.2, 0.25) is 0 Å². The molecule has 1 rings (SSSR count). The van der Waals surface area contributed by atoms with Crippen LogP contribution >= 0.6 is 0 Å². The van der Waals surface area contributed by atoms with Gasteiger partial charge in [0.15, 0.2) is 0 Å². The summed E-state index contributed by atoms with van der Waals surface area (Å²) in [4.78, 5) is -1.14. The van der Waals surface area contributed by atoms with E-state index in [-0.39, 0.29) is 0 Å². The van der Waals surface area contributed by atoms with Gasteiger partial charge in [-0.25, -0.2) is 0 Å². The van der Waals surface area contributed by atoms with Gasteiger partial charge in [0.25, 0.3) is 0 Å². The Morgan fingerprint density at radius 3 is 1.58 bits per heavy atom. The van der Waals surface area contributed by atoms with Crippen LogP contribution in [0, 0.1) is 6.92 Å². The Bertz CT molecular complexity index is 692. The molecule has 0 unspecified atom stereocenters. The summed E-state index contributed by atoms with van der Waals surface area (Å²) in [7, 11) is -5.75. The maximum atomic E-state index is 13.2. The molecule has 13 heteroatoms. The van der Waals surface area contributed by atoms with E-state index in [2.05, 4.69) is 4.18 Å². The summed E-state index contributed by atoms with van der Waals surface area (Å²) in [6.07, 6.45) is -13.7. The lowest BCUT2D eigenvalue weighted by molar-refractivity contribution is -0.428. The molecule has 1 aromatic carbocycles. The van der Waals surface area contributed by atoms with Gasteiger partial charge < -0.3 is 0 Å². The van der Waals surface area contributed by atoms with E-state index in [1.54, 1.807) is 0 Å². The fourth-order valence-corrected chi connectivity index (χ4v) is 2.25. The van der Waals surface area contributed by atoms with Crippen LogP contribution in [-0.2, 0) is 14.3 Å². The normalized spacial score (nSPS) is 14.8. The molecule has 0 aliphatic heterocycles. The molecule has 0 N–H and O–H groups in total. The minimum atomic E-state index is -7.24. The van der Waals surface area contributed by atoms with Crippen molar-refractivity contribution < 1.29 is 52.1 Å². The molecule has 0 fully saturated rings. The molecule has 0 aliphatic rings. The number of rotatable bonds is 5. The van der Waals surface area contributed by atoms with Crippen molar-refractivity contribution in [2.45, 2.75) is 35.9 Å². The zero-order valence-corrected chi connectivity index (χ0v) is 12.2. The SMILES string of the molecule is Cc1ccc(S(=O)(=O)OC(F)(F)C(F)(F)C(F)(F)C(F)(F)F)cc1. The van der Waals surface area contributed by atoms with Crippen molar-refractivity contribution in [3.05, 3.63) is 29.8 Å². The molecule has 0 aliphatic carbocycles. The third-order valence-corrected chi connectivity index (χ3v) is 3.92. The zero-order chi connectivity index (χ0) is 19.2. The Hall–Kier alpha value is -1.50. The second-order valence-electron chi connectivity index (χ2n) is 4.51. The van der Waals surface area contributed by atoms with Gasteiger partial charge in [0, 0.05) is 0 Å². The molecule has 0 radical (unpaired) electrons. The second kappa shape index (κ2) is 5.79. The van der Waals surface area contributed by atoms with E-state index < -0.39 is 39.1 Å². The van der Waals surface area contributed by atoms with Gasteiger partial charge in [-0.15, -0.1) is 0 Å². The molecule has 138 valence electrons. The second-order valence-corrected chi connectivity index (χ2v) is 6.06. The zero-order valence-electron chi connectivity index (χ0n) is 11.3. The van der Waals surface area contributed by atoms with E-state index in [4.69, 9.17) is 0 Å². The van der Waals surface area contributed by atoms with Crippen molar-refractivity contribution in [1.29, 1.82) is 0 Å². The smallest absolute Gasteiger partial charge is 0.194 e. The fraction of sp³-hybridized carbons (Fsp3) is 0.455. The first kappa shape index (κ1) is 20.5. The van der Waals surface area contributed by atoms with Crippen LogP contribution in [0.4, 0.5) is 39.5 Å². The minimum absolute atomic E-state index is 0.412. The largest absolute Gasteiger partial charge is 0.460 e. The van der Waals surface area contributed by atoms with Gasteiger partial charge in [0.1, 0.15) is 0 Å². The highest BCUT2D eigenvalue weighted by Gasteiger charge is 2.83. The number of alkyl halides is 9. The number of hydrogen-bond acceptors (Lipinski definition) is 3. The first-order valence-corrected chi connectivity index (χ1v) is 7.09. The quantitative estimate of drug-likeness (QED) is 0.561. The molecule has 0 spiro atoms. The van der Waals surface area contributed by atoms with E-state index in [0.29, 0.717) is 17.7 Å². The van der Waals surface area contributed by atoms with Crippen LogP contribution in [0.3, 0.4) is 0 Å². The maximum absolute atomic E-state index is 13.2. The summed E-state index contributed by atoms with van der Waals surface area (Å²) in [5, 5.41) is 0. The Kier molecular flexibility index (Phi) is 4.96. The lowest BCUT2D eigenvalue weighted by Crippen LogP contribution is -2.62. The van der Waals surface area contributed by atoms with Gasteiger partial charge in [-0.1, -0.05) is 17.7 Å². The molecule has 0 heterocycles. The molecule has 24 heavy (non-hydrogen) atoms. The third-order valence-electron chi connectivity index (χ3n) is 2.64. The Morgan fingerprint density at radius 1 is 0.792 bits per heavy atom. The van der Waals surface area contributed by atoms with E-state index in [1.165, 1.54) is 6.92 Å². The number of aryl methyl sites for hydroxylation is 1. The molecule has 1 aromatic rings. The van der Waals surface area contributed by atoms with Crippen LogP contribution in [-0.4, -0.2) is 32.5 Å². The van der Waals surface area contributed by atoms with Crippen LogP contribution in [0.5, 0.6) is 0 Å². The van der Waals surface area contributed by atoms with Crippen molar-refractivity contribution in [3.8, 4) is 0 Å². The standard InChI is InChI=1S/C11H7F9O3S/c1-6-2-4-7(5-3-6)24(21,22)23-11(19,20)9(14,15)8(12,13)10(16,17)18/h2-5H,1H3. The number of halogens is 9. The maximum Gasteiger partial charge on any atom is 0.460 e. The van der Waals surface area contributed by atoms with Crippen molar-refractivity contribution in [2.24, 2.45) is 0 Å². The summed E-state index contributed by atoms with van der Waals surface area (Å²) in [5.74, 6) is -14.4. The van der Waals surface area contributed by atoms with E-state index in [9.17, 15) is 47.9 Å². The summed E-state index contributed by atoms with van der Waals surface area (Å²) in [6.45, 7) is 1.43. The average molecular weight is 390 g/mol. The highest BCUT2D eigenvalue weighted by molar-refractivity contribution is 7.86. The van der Waals surface area contributed by atoms with Gasteiger partial charge in [-0.2, -0.15) is 52.1 Å². The first-order chi connectivity index (χ1) is 10.5. The van der Waals surface area contributed by atoms with Crippen LogP contribution in [0.15, 0.2) is 29.2 Å². The summed E-state index contributed by atoms with van der Waals surface area (Å²) < 4.78 is 139. The molecule has 0 aromatic heterocycles. The number of benzene rings is 1. The average Bonchev–Trinajstić information content (AvgIpc) is 2.36. The van der Waals surface area contributed by atoms with Gasteiger partial charge in [0.05, 0.1) is 4.90 Å². The van der Waals surface area contributed by atoms with Gasteiger partial charge in [-0.05, 0) is 19.1 Å². The molecule has 3 nitrogen and oxygen atoms in total. The fourth-order valence-electron chi connectivity index (χ4n) is 1.30. The van der Waals surface area contributed by atoms with E-state index in [0.717, 1.165) is 12.1 Å². The highest BCUT2D eigenvalue weighted by Crippen LogP contribution is 2.53. The Morgan fingerprint density at radius 2 is 1.21 bits per heavy atom. The van der Waals surface area contributed by atoms with Crippen molar-refractivity contribution in [3.63, 3.8) is 0 Å². The van der Waals surface area contributed by atoms with E-state index in [1.807, 2.05) is 0 Å². The van der Waals surface area contributed by atoms with E-state index >= 15 is 0 Å². The summed E-state index contributed by atoms with van der Waals surface area (Å²) >= 11 is 0. The molecule has 0 amide bonds. The monoisotopic (exact) mass is 390 g/mol. The molecule has 0 atom stereocenters. The molecule has 0 bridgehead atoms. The summed E-state index contributed by atoms with van der Waals surface area (Å²) in [5.41, 5.74) is 0.412. The van der Waals surface area contributed by atoms with Crippen LogP contribution in [0.1, 0.15) is 5.56 Å². The molecule has 0 saturated heterocycles. The lowest BCUT2D eigenvalue weighted by atomic mass is 10.1. The van der Waals surface area contributed by atoms with Crippen LogP contribution in [0.25, 0.3) is 0 Å². The topological polar surface area (TPSA) is 43.4 Å². The van der Waals surface area contributed by atoms with Crippen molar-refractivity contribution in [1.82, 2.24) is 0 Å². The van der Waals surface area contributed by atoms with Gasteiger partial charge in [-0.3, -0.25) is 0 Å². The van der Waals surface area contributed by atoms with Crippen LogP contribution < -0.4 is 0 Å². The minimum Gasteiger partial charge on any atom is -0.194 e. The Labute approximate surface area is 129 Å². The first-order valence-electron chi connectivity index (χ1n) is 5.68. The predicted octanol–water partition coefficient (Wildman–Crippen LogP) is 4.13. The lowest BCUT2D eigenvalue weighted by Gasteiger charge is -2.32. The van der Waals surface area contributed by atoms with Crippen molar-refractivity contribution >= 4 is 10.1 Å². The van der Waals surface area contributed by atoms with Gasteiger partial charge >= 0.3 is 34.2 Å². The Balaban J connectivity index is 3.27. The van der Waals surface area contributed by atoms with Crippen molar-refractivity contribution in [2.75, 3.05) is 0 Å². The number of hydrogen-bond donors (Lipinski definition) is 0. The summed E-state index contributed by atoms with van der Waals surface area (Å²) in [6, 6.07) is 3.27.